The summed E-state index contributed by atoms with van der Waals surface area (Å²) >= 11 is 0. The third-order valence-electron chi connectivity index (χ3n) is 3.34. The summed E-state index contributed by atoms with van der Waals surface area (Å²) < 4.78 is 4.87. The van der Waals surface area contributed by atoms with Crippen LogP contribution in [0.4, 0.5) is 0 Å². The van der Waals surface area contributed by atoms with Crippen LogP contribution < -0.4 is 16.0 Å². The van der Waals surface area contributed by atoms with Gasteiger partial charge in [0.25, 0.3) is 0 Å². The number of carbonyl (C=O) groups is 1. The highest BCUT2D eigenvalue weighted by Crippen LogP contribution is 2.06. The summed E-state index contributed by atoms with van der Waals surface area (Å²) in [6.45, 7) is 4.40. The number of amides is 1. The maximum Gasteiger partial charge on any atom is 0.239 e. The number of nitrogens with one attached hydrogen (secondary N) is 3. The average molecular weight is 314 g/mol. The van der Waals surface area contributed by atoms with Gasteiger partial charge in [0.05, 0.1) is 13.2 Å². The van der Waals surface area contributed by atoms with Crippen LogP contribution >= 0.6 is 0 Å². The Kier molecular flexibility index (Phi) is 15.1. The van der Waals surface area contributed by atoms with Crippen LogP contribution in [-0.2, 0) is 9.53 Å². The first-order chi connectivity index (χ1) is 10.7. The fourth-order valence-electron chi connectivity index (χ4n) is 2.03. The minimum absolute atomic E-state index is 0.0593. The topological polar surface area (TPSA) is 74.8 Å². The van der Waals surface area contributed by atoms with Crippen molar-refractivity contribution in [2.24, 2.45) is 4.99 Å². The van der Waals surface area contributed by atoms with E-state index in [1.807, 2.05) is 0 Å². The molecule has 0 aromatic rings. The molecule has 0 heterocycles. The minimum atomic E-state index is -0.0593. The fraction of sp³-hybridized carbons (Fsp3) is 0.875. The third kappa shape index (κ3) is 13.7. The lowest BCUT2D eigenvalue weighted by molar-refractivity contribution is -0.120. The summed E-state index contributed by atoms with van der Waals surface area (Å²) in [6, 6.07) is 0. The van der Waals surface area contributed by atoms with Crippen molar-refractivity contribution in [3.05, 3.63) is 0 Å². The normalized spacial score (nSPS) is 11.3. The van der Waals surface area contributed by atoms with Crippen LogP contribution in [0, 0.1) is 0 Å². The standard InChI is InChI=1S/C16H34N4O2/c1-4-5-6-7-8-9-10-11-19-16(17-2)20-14-15(21)18-12-13-22-3/h4-14H2,1-3H3,(H,18,21)(H2,17,19,20). The number of methoxy groups -OCH3 is 1. The van der Waals surface area contributed by atoms with E-state index in [9.17, 15) is 4.79 Å². The van der Waals surface area contributed by atoms with Crippen LogP contribution in [0.1, 0.15) is 51.9 Å². The second kappa shape index (κ2) is 16.1. The Labute approximate surface area is 135 Å². The Morgan fingerprint density at radius 1 is 0.955 bits per heavy atom. The minimum Gasteiger partial charge on any atom is -0.383 e. The molecule has 0 atom stereocenters. The number of unbranched alkanes of at least 4 members (excludes halogenated alkanes) is 6. The molecule has 0 spiro atoms. The first-order valence-electron chi connectivity index (χ1n) is 8.44. The third-order valence-corrected chi connectivity index (χ3v) is 3.34. The maximum absolute atomic E-state index is 11.5. The lowest BCUT2D eigenvalue weighted by atomic mass is 10.1. The summed E-state index contributed by atoms with van der Waals surface area (Å²) in [6.07, 6.45) is 9.01. The van der Waals surface area contributed by atoms with Gasteiger partial charge < -0.3 is 20.7 Å². The Bertz CT molecular complexity index is 296. The predicted octanol–water partition coefficient (Wildman–Crippen LogP) is 1.66. The van der Waals surface area contributed by atoms with Crippen molar-refractivity contribution in [1.29, 1.82) is 0 Å². The molecule has 6 nitrogen and oxygen atoms in total. The van der Waals surface area contributed by atoms with Crippen LogP contribution in [0.3, 0.4) is 0 Å². The van der Waals surface area contributed by atoms with E-state index in [0.717, 1.165) is 13.0 Å². The predicted molar refractivity (Wildman–Crippen MR) is 92.2 cm³/mol. The summed E-state index contributed by atoms with van der Waals surface area (Å²) in [5.74, 6) is 0.615. The number of guanidine groups is 1. The molecule has 0 saturated carbocycles. The maximum atomic E-state index is 11.5. The van der Waals surface area contributed by atoms with Crippen LogP contribution in [0.15, 0.2) is 4.99 Å². The number of nitrogens with zero attached hydrogens (tertiary/aromatic N) is 1. The average Bonchev–Trinajstić information content (AvgIpc) is 2.53. The second-order valence-corrected chi connectivity index (χ2v) is 5.32. The monoisotopic (exact) mass is 314 g/mol. The Hall–Kier alpha value is -1.30. The number of hydrogen-bond donors (Lipinski definition) is 3. The Morgan fingerprint density at radius 2 is 1.64 bits per heavy atom. The molecule has 0 radical (unpaired) electrons. The van der Waals surface area contributed by atoms with Crippen LogP contribution in [-0.4, -0.2) is 52.3 Å². The molecule has 0 aromatic heterocycles. The molecule has 0 rings (SSSR count). The zero-order valence-electron chi connectivity index (χ0n) is 14.5. The summed E-state index contributed by atoms with van der Waals surface area (Å²) in [4.78, 5) is 15.6. The highest BCUT2D eigenvalue weighted by Gasteiger charge is 2.02. The molecular formula is C16H34N4O2. The SMILES string of the molecule is CCCCCCCCCNC(=NC)NCC(=O)NCCOC. The van der Waals surface area contributed by atoms with Gasteiger partial charge in [-0.05, 0) is 6.42 Å². The fourth-order valence-corrected chi connectivity index (χ4v) is 2.03. The molecule has 3 N–H and O–H groups in total. The molecule has 22 heavy (non-hydrogen) atoms. The van der Waals surface area contributed by atoms with Gasteiger partial charge >= 0.3 is 0 Å². The number of aliphatic imine (C=N–C) groups is 1. The Morgan fingerprint density at radius 3 is 2.27 bits per heavy atom. The quantitative estimate of drug-likeness (QED) is 0.275. The van der Waals surface area contributed by atoms with Crippen molar-refractivity contribution in [3.8, 4) is 0 Å². The zero-order valence-corrected chi connectivity index (χ0v) is 14.5. The number of ether oxygens (including phenoxy) is 1. The molecule has 0 saturated heterocycles. The molecular weight excluding hydrogens is 280 g/mol. The molecule has 130 valence electrons. The van der Waals surface area contributed by atoms with Crippen molar-refractivity contribution in [1.82, 2.24) is 16.0 Å². The first kappa shape index (κ1) is 20.7. The van der Waals surface area contributed by atoms with Crippen molar-refractivity contribution >= 4 is 11.9 Å². The lowest BCUT2D eigenvalue weighted by Crippen LogP contribution is -2.43. The van der Waals surface area contributed by atoms with Gasteiger partial charge in [-0.3, -0.25) is 9.79 Å². The van der Waals surface area contributed by atoms with E-state index in [4.69, 9.17) is 4.74 Å². The summed E-state index contributed by atoms with van der Waals surface area (Å²) in [5, 5.41) is 8.98. The van der Waals surface area contributed by atoms with Gasteiger partial charge in [-0.15, -0.1) is 0 Å². The molecule has 0 aromatic carbocycles. The van der Waals surface area contributed by atoms with Crippen LogP contribution in [0.25, 0.3) is 0 Å². The van der Waals surface area contributed by atoms with Gasteiger partial charge in [-0.25, -0.2) is 0 Å². The number of hydrogen-bond acceptors (Lipinski definition) is 3. The van der Waals surface area contributed by atoms with E-state index in [0.29, 0.717) is 19.1 Å². The molecule has 0 fully saturated rings. The second-order valence-electron chi connectivity index (χ2n) is 5.32. The van der Waals surface area contributed by atoms with E-state index in [1.54, 1.807) is 14.2 Å². The van der Waals surface area contributed by atoms with E-state index in [1.165, 1.54) is 38.5 Å². The highest BCUT2D eigenvalue weighted by atomic mass is 16.5. The van der Waals surface area contributed by atoms with Crippen molar-refractivity contribution in [2.75, 3.05) is 40.4 Å². The molecule has 0 aliphatic heterocycles. The molecule has 0 bridgehead atoms. The number of carbonyl (C=O) groups excluding carboxylic acids is 1. The summed E-state index contributed by atoms with van der Waals surface area (Å²) in [7, 11) is 3.32. The van der Waals surface area contributed by atoms with Gasteiger partial charge in [-0.2, -0.15) is 0 Å². The lowest BCUT2D eigenvalue weighted by Gasteiger charge is -2.11. The van der Waals surface area contributed by atoms with E-state index >= 15 is 0 Å². The molecule has 0 unspecified atom stereocenters. The highest BCUT2D eigenvalue weighted by molar-refractivity contribution is 5.86. The number of rotatable bonds is 13. The largest absolute Gasteiger partial charge is 0.383 e. The first-order valence-corrected chi connectivity index (χ1v) is 8.44. The Balaban J connectivity index is 3.53. The van der Waals surface area contributed by atoms with Crippen LogP contribution in [0.2, 0.25) is 0 Å². The van der Waals surface area contributed by atoms with Crippen molar-refractivity contribution in [3.63, 3.8) is 0 Å². The van der Waals surface area contributed by atoms with Gasteiger partial charge in [-0.1, -0.05) is 45.4 Å². The molecule has 1 amide bonds. The van der Waals surface area contributed by atoms with Gasteiger partial charge in [0.15, 0.2) is 5.96 Å². The smallest absolute Gasteiger partial charge is 0.239 e. The van der Waals surface area contributed by atoms with Gasteiger partial charge in [0.1, 0.15) is 0 Å². The van der Waals surface area contributed by atoms with E-state index in [-0.39, 0.29) is 12.5 Å². The summed E-state index contributed by atoms with van der Waals surface area (Å²) in [5.41, 5.74) is 0. The van der Waals surface area contributed by atoms with E-state index < -0.39 is 0 Å². The van der Waals surface area contributed by atoms with Crippen molar-refractivity contribution in [2.45, 2.75) is 51.9 Å². The van der Waals surface area contributed by atoms with Crippen LogP contribution in [0.5, 0.6) is 0 Å². The molecule has 0 aliphatic rings. The van der Waals surface area contributed by atoms with E-state index in [2.05, 4.69) is 27.9 Å². The molecule has 6 heteroatoms. The van der Waals surface area contributed by atoms with Gasteiger partial charge in [0.2, 0.25) is 5.91 Å². The van der Waals surface area contributed by atoms with Crippen molar-refractivity contribution < 1.29 is 9.53 Å². The zero-order chi connectivity index (χ0) is 16.5. The molecule has 0 aliphatic carbocycles. The van der Waals surface area contributed by atoms with Gasteiger partial charge in [0, 0.05) is 27.2 Å².